The van der Waals surface area contributed by atoms with Gasteiger partial charge < -0.3 is 14.9 Å². The number of aromatic hydroxyl groups is 1. The van der Waals surface area contributed by atoms with Gasteiger partial charge in [0, 0.05) is 10.8 Å². The van der Waals surface area contributed by atoms with Gasteiger partial charge in [0.2, 0.25) is 0 Å². The normalized spacial score (nSPS) is 11.0. The van der Waals surface area contributed by atoms with Gasteiger partial charge in [-0.25, -0.2) is 4.79 Å². The number of carboxylic acid groups (broad SMARTS) is 1. The van der Waals surface area contributed by atoms with Gasteiger partial charge in [-0.2, -0.15) is 0 Å². The van der Waals surface area contributed by atoms with Crippen LogP contribution in [0.2, 0.25) is 0 Å². The van der Waals surface area contributed by atoms with Crippen molar-refractivity contribution in [3.63, 3.8) is 0 Å². The van der Waals surface area contributed by atoms with E-state index in [1.54, 1.807) is 12.1 Å². The minimum Gasteiger partial charge on any atom is -0.504 e. The number of aryl methyl sites for hydroxylation is 1. The Hall–Kier alpha value is -2.75. The number of phenolic OH excluding ortho intramolecular Hbond substituents is 1. The molecule has 0 atom stereocenters. The highest BCUT2D eigenvalue weighted by Gasteiger charge is 2.17. The summed E-state index contributed by atoms with van der Waals surface area (Å²) in [7, 11) is 0. The predicted molar refractivity (Wildman–Crippen MR) is 85.8 cm³/mol. The molecule has 3 rings (SSSR count). The molecule has 0 radical (unpaired) electrons. The Labute approximate surface area is 127 Å². The molecule has 0 bridgehead atoms. The molecule has 0 amide bonds. The summed E-state index contributed by atoms with van der Waals surface area (Å²) in [6, 6.07) is 13.2. The van der Waals surface area contributed by atoms with Gasteiger partial charge >= 0.3 is 6.16 Å². The van der Waals surface area contributed by atoms with Crippen molar-refractivity contribution in [2.45, 2.75) is 19.8 Å². The SMILES string of the molecule is CCCc1ccc2c(c1)c(OC(=O)O)c(O)c1ccccc12. The van der Waals surface area contributed by atoms with E-state index in [1.807, 2.05) is 30.3 Å². The summed E-state index contributed by atoms with van der Waals surface area (Å²) in [5.74, 6) is -0.140. The van der Waals surface area contributed by atoms with Crippen LogP contribution in [-0.2, 0) is 6.42 Å². The van der Waals surface area contributed by atoms with Crippen LogP contribution >= 0.6 is 0 Å². The fourth-order valence-corrected chi connectivity index (χ4v) is 2.82. The van der Waals surface area contributed by atoms with Crippen molar-refractivity contribution in [3.8, 4) is 11.5 Å². The number of phenols is 1. The Morgan fingerprint density at radius 2 is 1.73 bits per heavy atom. The van der Waals surface area contributed by atoms with E-state index in [9.17, 15) is 9.90 Å². The lowest BCUT2D eigenvalue weighted by Gasteiger charge is -2.13. The molecule has 0 unspecified atom stereocenters. The fourth-order valence-electron chi connectivity index (χ4n) is 2.82. The van der Waals surface area contributed by atoms with Crippen molar-refractivity contribution in [2.24, 2.45) is 0 Å². The molecular weight excluding hydrogens is 280 g/mol. The second-order valence-corrected chi connectivity index (χ2v) is 5.22. The van der Waals surface area contributed by atoms with E-state index in [4.69, 9.17) is 9.84 Å². The fraction of sp³-hybridized carbons (Fsp3) is 0.167. The van der Waals surface area contributed by atoms with Gasteiger partial charge in [-0.3, -0.25) is 0 Å². The van der Waals surface area contributed by atoms with Gasteiger partial charge in [0.15, 0.2) is 11.5 Å². The van der Waals surface area contributed by atoms with E-state index in [0.717, 1.165) is 29.2 Å². The summed E-state index contributed by atoms with van der Waals surface area (Å²) in [5.41, 5.74) is 1.08. The lowest BCUT2D eigenvalue weighted by molar-refractivity contribution is 0.143. The lowest BCUT2D eigenvalue weighted by atomic mass is 9.97. The molecular formula is C18H16O4. The number of ether oxygens (including phenoxy) is 1. The molecule has 112 valence electrons. The van der Waals surface area contributed by atoms with Gasteiger partial charge in [0.1, 0.15) is 0 Å². The summed E-state index contributed by atoms with van der Waals surface area (Å²) in [5, 5.41) is 22.3. The monoisotopic (exact) mass is 296 g/mol. The van der Waals surface area contributed by atoms with Gasteiger partial charge in [0.25, 0.3) is 0 Å². The zero-order valence-corrected chi connectivity index (χ0v) is 12.2. The average molecular weight is 296 g/mol. The first kappa shape index (κ1) is 14.2. The van der Waals surface area contributed by atoms with Crippen molar-refractivity contribution in [3.05, 3.63) is 48.0 Å². The first-order valence-electron chi connectivity index (χ1n) is 7.19. The van der Waals surface area contributed by atoms with E-state index in [2.05, 4.69) is 6.92 Å². The van der Waals surface area contributed by atoms with E-state index in [-0.39, 0.29) is 11.5 Å². The lowest BCUT2D eigenvalue weighted by Crippen LogP contribution is -2.04. The minimum absolute atomic E-state index is 0.000784. The molecule has 3 aromatic rings. The second kappa shape index (κ2) is 5.56. The van der Waals surface area contributed by atoms with Crippen LogP contribution in [0.4, 0.5) is 4.79 Å². The number of hydrogen-bond acceptors (Lipinski definition) is 3. The summed E-state index contributed by atoms with van der Waals surface area (Å²) in [6.45, 7) is 2.08. The summed E-state index contributed by atoms with van der Waals surface area (Å²) >= 11 is 0. The molecule has 2 N–H and O–H groups in total. The molecule has 0 aliphatic carbocycles. The van der Waals surface area contributed by atoms with Gasteiger partial charge in [-0.05, 0) is 28.8 Å². The molecule has 4 heteroatoms. The molecule has 22 heavy (non-hydrogen) atoms. The number of rotatable bonds is 3. The third kappa shape index (κ3) is 2.33. The van der Waals surface area contributed by atoms with Crippen LogP contribution in [0.3, 0.4) is 0 Å². The van der Waals surface area contributed by atoms with Gasteiger partial charge in [-0.1, -0.05) is 49.7 Å². The Bertz CT molecular complexity index is 868. The largest absolute Gasteiger partial charge is 0.511 e. The molecule has 0 fully saturated rings. The Morgan fingerprint density at radius 1 is 1.05 bits per heavy atom. The van der Waals surface area contributed by atoms with Crippen LogP contribution in [-0.4, -0.2) is 16.4 Å². The molecule has 3 aromatic carbocycles. The smallest absolute Gasteiger partial charge is 0.504 e. The summed E-state index contributed by atoms with van der Waals surface area (Å²) in [6.07, 6.45) is 0.434. The Kier molecular flexibility index (Phi) is 3.59. The van der Waals surface area contributed by atoms with Crippen molar-refractivity contribution in [1.82, 2.24) is 0 Å². The maximum Gasteiger partial charge on any atom is 0.511 e. The zero-order valence-electron chi connectivity index (χ0n) is 12.2. The van der Waals surface area contributed by atoms with Crippen LogP contribution in [0, 0.1) is 0 Å². The second-order valence-electron chi connectivity index (χ2n) is 5.22. The highest BCUT2D eigenvalue weighted by atomic mass is 16.7. The van der Waals surface area contributed by atoms with Crippen LogP contribution in [0.5, 0.6) is 11.5 Å². The molecule has 0 spiro atoms. The van der Waals surface area contributed by atoms with Crippen molar-refractivity contribution >= 4 is 27.7 Å². The molecule has 0 saturated heterocycles. The van der Waals surface area contributed by atoms with E-state index >= 15 is 0 Å². The maximum absolute atomic E-state index is 11.0. The van der Waals surface area contributed by atoms with Crippen LogP contribution in [0.1, 0.15) is 18.9 Å². The number of fused-ring (bicyclic) bond motifs is 3. The number of hydrogen-bond donors (Lipinski definition) is 2. The van der Waals surface area contributed by atoms with Gasteiger partial charge in [-0.15, -0.1) is 0 Å². The van der Waals surface area contributed by atoms with Crippen LogP contribution < -0.4 is 4.74 Å². The Balaban J connectivity index is 2.41. The maximum atomic E-state index is 11.0. The summed E-state index contributed by atoms with van der Waals surface area (Å²) < 4.78 is 4.87. The van der Waals surface area contributed by atoms with Crippen LogP contribution in [0.25, 0.3) is 21.5 Å². The third-order valence-electron chi connectivity index (χ3n) is 3.74. The molecule has 0 aliphatic heterocycles. The van der Waals surface area contributed by atoms with Gasteiger partial charge in [0.05, 0.1) is 0 Å². The highest BCUT2D eigenvalue weighted by molar-refractivity contribution is 6.14. The van der Waals surface area contributed by atoms with E-state index in [1.165, 1.54) is 0 Å². The number of benzene rings is 3. The van der Waals surface area contributed by atoms with Crippen molar-refractivity contribution in [1.29, 1.82) is 0 Å². The molecule has 0 aliphatic rings. The van der Waals surface area contributed by atoms with Crippen molar-refractivity contribution in [2.75, 3.05) is 0 Å². The topological polar surface area (TPSA) is 66.8 Å². The summed E-state index contributed by atoms with van der Waals surface area (Å²) in [4.78, 5) is 11.0. The van der Waals surface area contributed by atoms with Crippen molar-refractivity contribution < 1.29 is 19.7 Å². The minimum atomic E-state index is -1.44. The van der Waals surface area contributed by atoms with E-state index < -0.39 is 6.16 Å². The first-order chi connectivity index (χ1) is 10.6. The number of carbonyl (C=O) groups is 1. The third-order valence-corrected chi connectivity index (χ3v) is 3.74. The quantitative estimate of drug-likeness (QED) is 0.417. The van der Waals surface area contributed by atoms with Crippen LogP contribution in [0.15, 0.2) is 42.5 Å². The predicted octanol–water partition coefficient (Wildman–Crippen LogP) is 4.71. The molecule has 0 saturated carbocycles. The van der Waals surface area contributed by atoms with E-state index in [0.29, 0.717) is 10.8 Å². The Morgan fingerprint density at radius 3 is 2.41 bits per heavy atom. The first-order valence-corrected chi connectivity index (χ1v) is 7.19. The standard InChI is InChI=1S/C18H16O4/c1-2-5-11-8-9-13-12-6-3-4-7-14(12)16(19)17(15(13)10-11)22-18(20)21/h3-4,6-10,19H,2,5H2,1H3,(H,20,21). The molecule has 4 nitrogen and oxygen atoms in total. The highest BCUT2D eigenvalue weighted by Crippen LogP contribution is 2.43. The molecule has 0 heterocycles. The average Bonchev–Trinajstić information content (AvgIpc) is 2.51. The zero-order chi connectivity index (χ0) is 15.7. The molecule has 0 aromatic heterocycles.